The first-order valence-electron chi connectivity index (χ1n) is 10.1. The Labute approximate surface area is 188 Å². The van der Waals surface area contributed by atoms with Crippen molar-refractivity contribution in [2.24, 2.45) is 0 Å². The molecule has 0 saturated heterocycles. The lowest BCUT2D eigenvalue weighted by Crippen LogP contribution is -2.32. The molecule has 1 fully saturated rings. The number of pyridine rings is 1. The van der Waals surface area contributed by atoms with E-state index in [-0.39, 0.29) is 30.3 Å². The highest BCUT2D eigenvalue weighted by Gasteiger charge is 2.32. The van der Waals surface area contributed by atoms with Crippen LogP contribution in [0.25, 0.3) is 22.7 Å². The maximum absolute atomic E-state index is 12.8. The van der Waals surface area contributed by atoms with Crippen LogP contribution in [0.3, 0.4) is 0 Å². The molecule has 11 nitrogen and oxygen atoms in total. The van der Waals surface area contributed by atoms with E-state index in [0.717, 1.165) is 18.4 Å². The Morgan fingerprint density at radius 1 is 1.33 bits per heavy atom. The Hall–Kier alpha value is -4.25. The summed E-state index contributed by atoms with van der Waals surface area (Å²) in [5.41, 5.74) is 2.66. The van der Waals surface area contributed by atoms with Crippen molar-refractivity contribution in [3.05, 3.63) is 60.9 Å². The van der Waals surface area contributed by atoms with Gasteiger partial charge in [0.1, 0.15) is 11.5 Å². The number of H-pyrrole nitrogens is 1. The van der Waals surface area contributed by atoms with E-state index in [1.54, 1.807) is 37.8 Å². The van der Waals surface area contributed by atoms with Crippen molar-refractivity contribution in [3.63, 3.8) is 0 Å². The van der Waals surface area contributed by atoms with Crippen molar-refractivity contribution in [2.75, 3.05) is 12.4 Å². The molecular weight excluding hydrogens is 428 g/mol. The van der Waals surface area contributed by atoms with Gasteiger partial charge in [0, 0.05) is 25.7 Å². The summed E-state index contributed by atoms with van der Waals surface area (Å²) in [6.45, 7) is -0.250. The molecule has 1 aliphatic rings. The SMILES string of the molecule is COC1CC(n2cc(NC(=O)c3ccc(-c4cn[nH]c4)o3)c(-c3ccccn3)n2)C1.O=CO. The Balaban J connectivity index is 0.000000821. The van der Waals surface area contributed by atoms with Crippen molar-refractivity contribution in [1.29, 1.82) is 0 Å². The average molecular weight is 450 g/mol. The van der Waals surface area contributed by atoms with Crippen LogP contribution in [0.2, 0.25) is 0 Å². The molecule has 0 aromatic carbocycles. The molecule has 1 aliphatic carbocycles. The highest BCUT2D eigenvalue weighted by atomic mass is 16.5. The standard InChI is InChI=1S/C21H20N6O3.CH2O2/c1-29-15-8-14(9-15)27-12-17(20(26-27)16-4-2-3-7-22-16)25-21(28)19-6-5-18(30-19)13-10-23-24-11-13;2-1-3/h2-7,10-12,14-15H,8-9H2,1H3,(H,23,24)(H,25,28);1H,(H,2,3). The fourth-order valence-electron chi connectivity index (χ4n) is 3.49. The molecule has 4 aromatic rings. The van der Waals surface area contributed by atoms with Gasteiger partial charge in [0.15, 0.2) is 5.76 Å². The maximum atomic E-state index is 12.8. The first kappa shape index (κ1) is 22.0. The Morgan fingerprint density at radius 2 is 2.15 bits per heavy atom. The van der Waals surface area contributed by atoms with E-state index >= 15 is 0 Å². The summed E-state index contributed by atoms with van der Waals surface area (Å²) in [7, 11) is 1.72. The first-order chi connectivity index (χ1) is 16.1. The number of hydrogen-bond acceptors (Lipinski definition) is 7. The van der Waals surface area contributed by atoms with Crippen LogP contribution in [0.5, 0.6) is 0 Å². The minimum atomic E-state index is -0.357. The summed E-state index contributed by atoms with van der Waals surface area (Å²) in [5, 5.41) is 21.1. The number of nitrogens with zero attached hydrogens (tertiary/aromatic N) is 4. The van der Waals surface area contributed by atoms with Gasteiger partial charge in [-0.25, -0.2) is 0 Å². The van der Waals surface area contributed by atoms with E-state index in [0.29, 0.717) is 22.8 Å². The molecule has 1 saturated carbocycles. The minimum absolute atomic E-state index is 0.203. The van der Waals surface area contributed by atoms with Gasteiger partial charge in [0.25, 0.3) is 12.4 Å². The number of carbonyl (C=O) groups is 2. The second-order valence-corrected chi connectivity index (χ2v) is 7.28. The molecule has 0 spiro atoms. The highest BCUT2D eigenvalue weighted by Crippen LogP contribution is 2.36. The van der Waals surface area contributed by atoms with Gasteiger partial charge in [-0.05, 0) is 37.1 Å². The molecule has 33 heavy (non-hydrogen) atoms. The van der Waals surface area contributed by atoms with Crippen LogP contribution >= 0.6 is 0 Å². The molecule has 0 unspecified atom stereocenters. The number of rotatable bonds is 6. The van der Waals surface area contributed by atoms with Crippen LogP contribution in [-0.4, -0.2) is 55.7 Å². The van der Waals surface area contributed by atoms with Crippen molar-refractivity contribution in [2.45, 2.75) is 25.0 Å². The second kappa shape index (κ2) is 9.92. The quantitative estimate of drug-likeness (QED) is 0.379. The molecule has 170 valence electrons. The zero-order valence-corrected chi connectivity index (χ0v) is 17.7. The molecule has 11 heteroatoms. The third kappa shape index (κ3) is 4.83. The van der Waals surface area contributed by atoms with Crippen LogP contribution in [0.15, 0.2) is 59.5 Å². The predicted molar refractivity (Wildman–Crippen MR) is 117 cm³/mol. The summed E-state index contributed by atoms with van der Waals surface area (Å²) < 4.78 is 12.9. The third-order valence-corrected chi connectivity index (χ3v) is 5.28. The summed E-state index contributed by atoms with van der Waals surface area (Å²) in [6.07, 6.45) is 8.91. The number of hydrogen-bond donors (Lipinski definition) is 3. The van der Waals surface area contributed by atoms with Gasteiger partial charge in [-0.2, -0.15) is 10.2 Å². The van der Waals surface area contributed by atoms with Crippen LogP contribution in [0.4, 0.5) is 5.69 Å². The fraction of sp³-hybridized carbons (Fsp3) is 0.227. The number of aromatic nitrogens is 5. The molecular formula is C22H22N6O5. The smallest absolute Gasteiger partial charge is 0.291 e. The molecule has 4 heterocycles. The molecule has 3 N–H and O–H groups in total. The minimum Gasteiger partial charge on any atom is -0.483 e. The fourth-order valence-corrected chi connectivity index (χ4v) is 3.49. The average Bonchev–Trinajstić information content (AvgIpc) is 3.55. The van der Waals surface area contributed by atoms with E-state index in [1.807, 2.05) is 29.1 Å². The van der Waals surface area contributed by atoms with Crippen LogP contribution in [0.1, 0.15) is 29.4 Å². The lowest BCUT2D eigenvalue weighted by Gasteiger charge is -2.34. The number of anilines is 1. The van der Waals surface area contributed by atoms with E-state index < -0.39 is 0 Å². The molecule has 0 aliphatic heterocycles. The Bertz CT molecular complexity index is 1200. The van der Waals surface area contributed by atoms with Crippen molar-refractivity contribution in [3.8, 4) is 22.7 Å². The van der Waals surface area contributed by atoms with E-state index in [1.165, 1.54) is 0 Å². The number of ether oxygens (including phenoxy) is 1. The molecule has 0 atom stereocenters. The van der Waals surface area contributed by atoms with E-state index in [2.05, 4.69) is 20.5 Å². The number of amides is 1. The lowest BCUT2D eigenvalue weighted by molar-refractivity contribution is -0.122. The number of aromatic amines is 1. The number of carboxylic acid groups (broad SMARTS) is 1. The topological polar surface area (TPSA) is 148 Å². The largest absolute Gasteiger partial charge is 0.483 e. The normalized spacial score (nSPS) is 16.9. The van der Waals surface area contributed by atoms with Crippen molar-refractivity contribution < 1.29 is 23.8 Å². The summed E-state index contributed by atoms with van der Waals surface area (Å²) in [4.78, 5) is 25.6. The van der Waals surface area contributed by atoms with Crippen LogP contribution in [-0.2, 0) is 9.53 Å². The second-order valence-electron chi connectivity index (χ2n) is 7.28. The van der Waals surface area contributed by atoms with E-state index in [9.17, 15) is 4.79 Å². The molecule has 5 rings (SSSR count). The summed E-state index contributed by atoms with van der Waals surface area (Å²) in [6, 6.07) is 9.21. The lowest BCUT2D eigenvalue weighted by atomic mass is 9.89. The van der Waals surface area contributed by atoms with Crippen molar-refractivity contribution >= 4 is 18.1 Å². The maximum Gasteiger partial charge on any atom is 0.291 e. The monoisotopic (exact) mass is 450 g/mol. The van der Waals surface area contributed by atoms with Gasteiger partial charge in [0.05, 0.1) is 35.3 Å². The third-order valence-electron chi connectivity index (χ3n) is 5.28. The summed E-state index contributed by atoms with van der Waals surface area (Å²) in [5.74, 6) is 0.411. The Morgan fingerprint density at radius 3 is 2.82 bits per heavy atom. The summed E-state index contributed by atoms with van der Waals surface area (Å²) >= 11 is 0. The Kier molecular flexibility index (Phi) is 6.60. The molecule has 1 amide bonds. The van der Waals surface area contributed by atoms with Gasteiger partial charge in [0.2, 0.25) is 0 Å². The molecule has 0 bridgehead atoms. The highest BCUT2D eigenvalue weighted by molar-refractivity contribution is 6.04. The number of carbonyl (C=O) groups excluding carboxylic acids is 1. The van der Waals surface area contributed by atoms with Crippen LogP contribution < -0.4 is 5.32 Å². The number of furan rings is 1. The predicted octanol–water partition coefficient (Wildman–Crippen LogP) is 3.23. The van der Waals surface area contributed by atoms with Crippen molar-refractivity contribution in [1.82, 2.24) is 25.0 Å². The van der Waals surface area contributed by atoms with Gasteiger partial charge in [-0.15, -0.1) is 0 Å². The van der Waals surface area contributed by atoms with E-state index in [4.69, 9.17) is 24.2 Å². The number of methoxy groups -OCH3 is 1. The van der Waals surface area contributed by atoms with Gasteiger partial charge < -0.3 is 19.6 Å². The first-order valence-corrected chi connectivity index (χ1v) is 10.1. The van der Waals surface area contributed by atoms with Crippen LogP contribution in [0, 0.1) is 0 Å². The van der Waals surface area contributed by atoms with Gasteiger partial charge in [-0.1, -0.05) is 6.07 Å². The van der Waals surface area contributed by atoms with Gasteiger partial charge >= 0.3 is 0 Å². The zero-order chi connectivity index (χ0) is 23.2. The molecule has 4 aromatic heterocycles. The van der Waals surface area contributed by atoms with Gasteiger partial charge in [-0.3, -0.25) is 24.4 Å². The molecule has 0 radical (unpaired) electrons. The number of nitrogens with one attached hydrogen (secondary N) is 2. The zero-order valence-electron chi connectivity index (χ0n) is 17.7.